The Labute approximate surface area is 73.5 Å². The van der Waals surface area contributed by atoms with E-state index in [1.54, 1.807) is 6.08 Å². The first-order valence-corrected chi connectivity index (χ1v) is 4.29. The number of hydrogen-bond donors (Lipinski definition) is 1. The number of hydrogen-bond acceptors (Lipinski definition) is 2. The molecule has 1 rings (SSSR count). The van der Waals surface area contributed by atoms with Gasteiger partial charge in [0.1, 0.15) is 11.5 Å². The third-order valence-corrected chi connectivity index (χ3v) is 1.81. The minimum atomic E-state index is 0.0172. The molecule has 0 aliphatic heterocycles. The highest BCUT2D eigenvalue weighted by molar-refractivity contribution is 5.23. The fourth-order valence-electron chi connectivity index (χ4n) is 1.44. The van der Waals surface area contributed by atoms with Crippen molar-refractivity contribution in [1.29, 1.82) is 0 Å². The van der Waals surface area contributed by atoms with Crippen LogP contribution in [0.2, 0.25) is 0 Å². The largest absolute Gasteiger partial charge is 0.508 e. The third-order valence-electron chi connectivity index (χ3n) is 1.81. The van der Waals surface area contributed by atoms with Gasteiger partial charge in [-0.2, -0.15) is 0 Å². The molecule has 0 unspecified atom stereocenters. The lowest BCUT2D eigenvalue weighted by Gasteiger charge is -2.25. The van der Waals surface area contributed by atoms with Crippen molar-refractivity contribution in [3.05, 3.63) is 23.7 Å². The van der Waals surface area contributed by atoms with Gasteiger partial charge in [0.25, 0.3) is 0 Å². The summed E-state index contributed by atoms with van der Waals surface area (Å²) in [5, 5.41) is 9.35. The molecular weight excluding hydrogens is 152 g/mol. The first-order chi connectivity index (χ1) is 5.53. The number of ether oxygens (including phenoxy) is 1. The minimum Gasteiger partial charge on any atom is -0.508 e. The summed E-state index contributed by atoms with van der Waals surface area (Å²) in [5.41, 5.74) is 0.0172. The number of rotatable bonds is 2. The van der Waals surface area contributed by atoms with Gasteiger partial charge in [-0.15, -0.1) is 0 Å². The second kappa shape index (κ2) is 3.21. The monoisotopic (exact) mass is 168 g/mol. The van der Waals surface area contributed by atoms with Crippen LogP contribution in [0.15, 0.2) is 23.7 Å². The molecule has 0 aromatic carbocycles. The standard InChI is InChI=1S/C10H16O2/c1-4-12-9-5-8(11)6-10(2,3)7-9/h5-6,11H,4,7H2,1-3H3. The van der Waals surface area contributed by atoms with Crippen molar-refractivity contribution in [2.45, 2.75) is 27.2 Å². The van der Waals surface area contributed by atoms with Crippen LogP contribution >= 0.6 is 0 Å². The van der Waals surface area contributed by atoms with Crippen LogP contribution in [-0.4, -0.2) is 11.7 Å². The number of aliphatic hydroxyl groups excluding tert-OH is 1. The summed E-state index contributed by atoms with van der Waals surface area (Å²) in [7, 11) is 0. The number of aliphatic hydroxyl groups is 1. The van der Waals surface area contributed by atoms with Gasteiger partial charge in [-0.25, -0.2) is 0 Å². The molecule has 1 N–H and O–H groups in total. The normalized spacial score (nSPS) is 21.2. The molecule has 0 spiro atoms. The van der Waals surface area contributed by atoms with Crippen molar-refractivity contribution in [3.63, 3.8) is 0 Å². The Balaban J connectivity index is 2.74. The molecule has 2 nitrogen and oxygen atoms in total. The lowest BCUT2D eigenvalue weighted by Crippen LogP contribution is -2.15. The molecule has 0 saturated carbocycles. The Bertz CT molecular complexity index is 224. The van der Waals surface area contributed by atoms with E-state index in [2.05, 4.69) is 13.8 Å². The van der Waals surface area contributed by atoms with Crippen LogP contribution in [0.25, 0.3) is 0 Å². The highest BCUT2D eigenvalue weighted by Crippen LogP contribution is 2.32. The molecule has 2 heteroatoms. The lowest BCUT2D eigenvalue weighted by molar-refractivity contribution is 0.191. The van der Waals surface area contributed by atoms with E-state index in [1.807, 2.05) is 13.0 Å². The van der Waals surface area contributed by atoms with Crippen molar-refractivity contribution in [3.8, 4) is 0 Å². The minimum absolute atomic E-state index is 0.0172. The molecule has 68 valence electrons. The Morgan fingerprint density at radius 2 is 2.25 bits per heavy atom. The molecule has 0 radical (unpaired) electrons. The Kier molecular flexibility index (Phi) is 2.46. The van der Waals surface area contributed by atoms with Gasteiger partial charge in [-0.3, -0.25) is 0 Å². The van der Waals surface area contributed by atoms with Crippen LogP contribution in [0.4, 0.5) is 0 Å². The summed E-state index contributed by atoms with van der Waals surface area (Å²) in [5.74, 6) is 1.19. The van der Waals surface area contributed by atoms with Gasteiger partial charge in [-0.05, 0) is 18.4 Å². The SMILES string of the molecule is CCOC1=CC(O)=CC(C)(C)C1. The highest BCUT2D eigenvalue weighted by Gasteiger charge is 2.22. The second-order valence-electron chi connectivity index (χ2n) is 3.78. The highest BCUT2D eigenvalue weighted by atomic mass is 16.5. The van der Waals surface area contributed by atoms with E-state index in [0.717, 1.165) is 12.2 Å². The lowest BCUT2D eigenvalue weighted by atomic mass is 9.84. The number of allylic oxidation sites excluding steroid dienone is 3. The molecule has 0 aromatic rings. The van der Waals surface area contributed by atoms with E-state index in [-0.39, 0.29) is 5.41 Å². The summed E-state index contributed by atoms with van der Waals surface area (Å²) in [6, 6.07) is 0. The Morgan fingerprint density at radius 1 is 1.58 bits per heavy atom. The topological polar surface area (TPSA) is 29.5 Å². The predicted octanol–water partition coefficient (Wildman–Crippen LogP) is 2.78. The van der Waals surface area contributed by atoms with Gasteiger partial charge >= 0.3 is 0 Å². The van der Waals surface area contributed by atoms with E-state index in [0.29, 0.717) is 12.4 Å². The quantitative estimate of drug-likeness (QED) is 0.687. The zero-order valence-electron chi connectivity index (χ0n) is 7.92. The Morgan fingerprint density at radius 3 is 2.75 bits per heavy atom. The zero-order valence-corrected chi connectivity index (χ0v) is 7.92. The molecule has 0 bridgehead atoms. The maximum absolute atomic E-state index is 9.35. The van der Waals surface area contributed by atoms with E-state index in [4.69, 9.17) is 4.74 Å². The van der Waals surface area contributed by atoms with Crippen LogP contribution in [0.5, 0.6) is 0 Å². The van der Waals surface area contributed by atoms with E-state index >= 15 is 0 Å². The van der Waals surface area contributed by atoms with Gasteiger partial charge in [0.2, 0.25) is 0 Å². The molecule has 0 aromatic heterocycles. The van der Waals surface area contributed by atoms with Crippen LogP contribution in [-0.2, 0) is 4.74 Å². The molecule has 0 saturated heterocycles. The smallest absolute Gasteiger partial charge is 0.115 e. The van der Waals surface area contributed by atoms with Crippen LogP contribution in [0.3, 0.4) is 0 Å². The van der Waals surface area contributed by atoms with Crippen molar-refractivity contribution in [1.82, 2.24) is 0 Å². The van der Waals surface area contributed by atoms with Crippen molar-refractivity contribution >= 4 is 0 Å². The Hall–Kier alpha value is -0.920. The maximum atomic E-state index is 9.35. The van der Waals surface area contributed by atoms with E-state index in [9.17, 15) is 5.11 Å². The summed E-state index contributed by atoms with van der Waals surface area (Å²) >= 11 is 0. The molecule has 0 amide bonds. The molecule has 0 heterocycles. The maximum Gasteiger partial charge on any atom is 0.115 e. The fraction of sp³-hybridized carbons (Fsp3) is 0.600. The molecule has 12 heavy (non-hydrogen) atoms. The predicted molar refractivity (Wildman–Crippen MR) is 48.8 cm³/mol. The summed E-state index contributed by atoms with van der Waals surface area (Å²) in [6.07, 6.45) is 4.41. The molecule has 0 atom stereocenters. The first kappa shape index (κ1) is 9.17. The van der Waals surface area contributed by atoms with E-state index < -0.39 is 0 Å². The van der Waals surface area contributed by atoms with Gasteiger partial charge in [0.15, 0.2) is 0 Å². The second-order valence-corrected chi connectivity index (χ2v) is 3.78. The van der Waals surface area contributed by atoms with Crippen molar-refractivity contribution < 1.29 is 9.84 Å². The van der Waals surface area contributed by atoms with Gasteiger partial charge in [0, 0.05) is 12.5 Å². The fourth-order valence-corrected chi connectivity index (χ4v) is 1.44. The zero-order chi connectivity index (χ0) is 9.19. The third kappa shape index (κ3) is 2.29. The first-order valence-electron chi connectivity index (χ1n) is 4.29. The van der Waals surface area contributed by atoms with Gasteiger partial charge in [0.05, 0.1) is 6.61 Å². The van der Waals surface area contributed by atoms with Crippen molar-refractivity contribution in [2.24, 2.45) is 5.41 Å². The van der Waals surface area contributed by atoms with Gasteiger partial charge < -0.3 is 9.84 Å². The molecule has 0 fully saturated rings. The molecule has 1 aliphatic carbocycles. The summed E-state index contributed by atoms with van der Waals surface area (Å²) < 4.78 is 5.35. The van der Waals surface area contributed by atoms with Crippen LogP contribution in [0, 0.1) is 5.41 Å². The van der Waals surface area contributed by atoms with Crippen molar-refractivity contribution in [2.75, 3.05) is 6.61 Å². The summed E-state index contributed by atoms with van der Waals surface area (Å²) in [6.45, 7) is 6.77. The average Bonchev–Trinajstić information content (AvgIpc) is 1.82. The van der Waals surface area contributed by atoms with Gasteiger partial charge in [-0.1, -0.05) is 13.8 Å². The van der Waals surface area contributed by atoms with E-state index in [1.165, 1.54) is 0 Å². The molecule has 1 aliphatic rings. The van der Waals surface area contributed by atoms with Crippen LogP contribution in [0.1, 0.15) is 27.2 Å². The average molecular weight is 168 g/mol. The van der Waals surface area contributed by atoms with Crippen LogP contribution < -0.4 is 0 Å². The summed E-state index contributed by atoms with van der Waals surface area (Å²) in [4.78, 5) is 0. The molecular formula is C10H16O2.